The number of carbonyl (C=O) groups is 2. The molecule has 0 bridgehead atoms. The van der Waals surface area contributed by atoms with Crippen LogP contribution in [-0.2, 0) is 28.7 Å². The van der Waals surface area contributed by atoms with Crippen LogP contribution in [0.5, 0.6) is 0 Å². The van der Waals surface area contributed by atoms with Crippen LogP contribution < -0.4 is 10.6 Å². The van der Waals surface area contributed by atoms with Gasteiger partial charge in [-0.05, 0) is 55.3 Å². The van der Waals surface area contributed by atoms with Gasteiger partial charge < -0.3 is 15.2 Å². The molecule has 0 radical (unpaired) electrons. The molecule has 0 saturated heterocycles. The van der Waals surface area contributed by atoms with Gasteiger partial charge in [-0.25, -0.2) is 0 Å². The van der Waals surface area contributed by atoms with Gasteiger partial charge in [-0.15, -0.1) is 16.8 Å². The Labute approximate surface area is 204 Å². The number of hydrogen-bond acceptors (Lipinski definition) is 5. The molecule has 0 aliphatic heterocycles. The maximum absolute atomic E-state index is 12.9. The highest BCUT2D eigenvalue weighted by atomic mass is 32.2. The molecule has 11 heteroatoms. The van der Waals surface area contributed by atoms with Crippen LogP contribution in [0.4, 0.5) is 24.5 Å². The Balaban J connectivity index is 1.64. The summed E-state index contributed by atoms with van der Waals surface area (Å²) >= 11 is 1.15. The SMILES string of the molecule is C=CCn1c(CC(=O)Nc2cccc(C(F)(F)F)c2)nnc1SCC(=O)Nc1cc(C)cc(C)c1. The maximum atomic E-state index is 12.9. The van der Waals surface area contributed by atoms with E-state index < -0.39 is 17.6 Å². The third kappa shape index (κ3) is 7.44. The fourth-order valence-corrected chi connectivity index (χ4v) is 4.13. The first-order valence-corrected chi connectivity index (χ1v) is 11.5. The Morgan fingerprint density at radius 2 is 1.71 bits per heavy atom. The van der Waals surface area contributed by atoms with E-state index in [1.807, 2.05) is 32.0 Å². The van der Waals surface area contributed by atoms with Crippen LogP contribution in [0.25, 0.3) is 0 Å². The number of rotatable bonds is 9. The number of anilines is 2. The summed E-state index contributed by atoms with van der Waals surface area (Å²) in [5.74, 6) is -0.409. The average molecular weight is 504 g/mol. The van der Waals surface area contributed by atoms with E-state index in [2.05, 4.69) is 27.4 Å². The zero-order chi connectivity index (χ0) is 25.6. The molecule has 184 valence electrons. The maximum Gasteiger partial charge on any atom is 0.416 e. The van der Waals surface area contributed by atoms with Crippen molar-refractivity contribution in [1.29, 1.82) is 0 Å². The van der Waals surface area contributed by atoms with Crippen molar-refractivity contribution in [3.8, 4) is 0 Å². The van der Waals surface area contributed by atoms with Crippen molar-refractivity contribution in [3.63, 3.8) is 0 Å². The van der Waals surface area contributed by atoms with Crippen molar-refractivity contribution in [1.82, 2.24) is 14.8 Å². The van der Waals surface area contributed by atoms with E-state index in [1.54, 1.807) is 10.6 Å². The fourth-order valence-electron chi connectivity index (χ4n) is 3.37. The molecular formula is C24H24F3N5O2S. The van der Waals surface area contributed by atoms with Crippen LogP contribution in [0.3, 0.4) is 0 Å². The second-order valence-electron chi connectivity index (χ2n) is 7.81. The topological polar surface area (TPSA) is 88.9 Å². The van der Waals surface area contributed by atoms with Crippen molar-refractivity contribution in [3.05, 3.63) is 77.6 Å². The fraction of sp³-hybridized carbons (Fsp3) is 0.250. The normalized spacial score (nSPS) is 11.2. The van der Waals surface area contributed by atoms with Gasteiger partial charge in [0.15, 0.2) is 5.16 Å². The van der Waals surface area contributed by atoms with Gasteiger partial charge in [0.2, 0.25) is 11.8 Å². The van der Waals surface area contributed by atoms with Crippen molar-refractivity contribution < 1.29 is 22.8 Å². The highest BCUT2D eigenvalue weighted by Crippen LogP contribution is 2.30. The first-order chi connectivity index (χ1) is 16.5. The molecule has 0 aliphatic rings. The van der Waals surface area contributed by atoms with E-state index in [9.17, 15) is 22.8 Å². The molecule has 1 heterocycles. The molecule has 1 aromatic heterocycles. The number of aromatic nitrogens is 3. The Hall–Kier alpha value is -3.60. The first-order valence-electron chi connectivity index (χ1n) is 10.6. The Morgan fingerprint density at radius 3 is 2.37 bits per heavy atom. The van der Waals surface area contributed by atoms with E-state index in [0.717, 1.165) is 35.0 Å². The van der Waals surface area contributed by atoms with Crippen LogP contribution in [0.2, 0.25) is 0 Å². The van der Waals surface area contributed by atoms with Crippen molar-refractivity contribution in [2.45, 2.75) is 38.1 Å². The molecule has 3 rings (SSSR count). The summed E-state index contributed by atoms with van der Waals surface area (Å²) in [6.45, 7) is 7.87. The Bertz CT molecular complexity index is 1220. The number of alkyl halides is 3. The largest absolute Gasteiger partial charge is 0.416 e. The van der Waals surface area contributed by atoms with Gasteiger partial charge in [0, 0.05) is 17.9 Å². The van der Waals surface area contributed by atoms with Gasteiger partial charge in [0.1, 0.15) is 5.82 Å². The smallest absolute Gasteiger partial charge is 0.326 e. The third-order valence-electron chi connectivity index (χ3n) is 4.74. The van der Waals surface area contributed by atoms with E-state index >= 15 is 0 Å². The van der Waals surface area contributed by atoms with E-state index in [-0.39, 0.29) is 23.8 Å². The number of hydrogen-bond donors (Lipinski definition) is 2. The molecule has 0 unspecified atom stereocenters. The zero-order valence-corrected chi connectivity index (χ0v) is 20.0. The molecule has 2 aromatic carbocycles. The minimum Gasteiger partial charge on any atom is -0.326 e. The van der Waals surface area contributed by atoms with Crippen molar-refractivity contribution in [2.24, 2.45) is 0 Å². The standard InChI is InChI=1S/C24H24F3N5O2S/c1-4-8-32-20(13-21(33)28-18-7-5-6-17(12-18)24(25,26)27)30-31-23(32)35-14-22(34)29-19-10-15(2)9-16(3)11-19/h4-7,9-12H,1,8,13-14H2,2-3H3,(H,28,33)(H,29,34). The van der Waals surface area contributed by atoms with Gasteiger partial charge in [-0.2, -0.15) is 13.2 Å². The van der Waals surface area contributed by atoms with Crippen LogP contribution in [0.15, 0.2) is 60.3 Å². The summed E-state index contributed by atoms with van der Waals surface area (Å²) in [4.78, 5) is 24.9. The number of halogens is 3. The van der Waals surface area contributed by atoms with Gasteiger partial charge in [-0.3, -0.25) is 9.59 Å². The number of allylic oxidation sites excluding steroid dienone is 1. The molecule has 3 aromatic rings. The third-order valence-corrected chi connectivity index (χ3v) is 5.70. The lowest BCUT2D eigenvalue weighted by atomic mass is 10.1. The summed E-state index contributed by atoms with van der Waals surface area (Å²) in [6, 6.07) is 10.1. The average Bonchev–Trinajstić information content (AvgIpc) is 3.12. The lowest BCUT2D eigenvalue weighted by Gasteiger charge is -2.11. The molecular weight excluding hydrogens is 479 g/mol. The lowest BCUT2D eigenvalue weighted by Crippen LogP contribution is -2.18. The molecule has 0 atom stereocenters. The number of nitrogens with zero attached hydrogens (tertiary/aromatic N) is 3. The second-order valence-corrected chi connectivity index (χ2v) is 8.76. The number of aryl methyl sites for hydroxylation is 2. The number of benzene rings is 2. The Morgan fingerprint density at radius 1 is 1.03 bits per heavy atom. The number of amides is 2. The van der Waals surface area contributed by atoms with Crippen LogP contribution in [0.1, 0.15) is 22.5 Å². The molecule has 0 fully saturated rings. The summed E-state index contributed by atoms with van der Waals surface area (Å²) in [5, 5.41) is 13.8. The number of thioether (sulfide) groups is 1. The number of carbonyl (C=O) groups excluding carboxylic acids is 2. The Kier molecular flexibility index (Phi) is 8.34. The minimum absolute atomic E-state index is 0.0252. The van der Waals surface area contributed by atoms with Gasteiger partial charge in [0.25, 0.3) is 0 Å². The van der Waals surface area contributed by atoms with E-state index in [0.29, 0.717) is 23.2 Å². The van der Waals surface area contributed by atoms with Gasteiger partial charge in [0.05, 0.1) is 17.7 Å². The van der Waals surface area contributed by atoms with Crippen LogP contribution >= 0.6 is 11.8 Å². The summed E-state index contributed by atoms with van der Waals surface area (Å²) < 4.78 is 40.3. The number of nitrogens with one attached hydrogen (secondary N) is 2. The lowest BCUT2D eigenvalue weighted by molar-refractivity contribution is -0.137. The molecule has 0 aliphatic carbocycles. The van der Waals surface area contributed by atoms with Gasteiger partial charge >= 0.3 is 6.18 Å². The molecule has 35 heavy (non-hydrogen) atoms. The van der Waals surface area contributed by atoms with Crippen molar-refractivity contribution in [2.75, 3.05) is 16.4 Å². The molecule has 0 saturated carbocycles. The quantitative estimate of drug-likeness (QED) is 0.317. The highest BCUT2D eigenvalue weighted by molar-refractivity contribution is 7.99. The van der Waals surface area contributed by atoms with E-state index in [1.165, 1.54) is 12.1 Å². The predicted molar refractivity (Wildman–Crippen MR) is 129 cm³/mol. The monoisotopic (exact) mass is 503 g/mol. The molecule has 2 N–H and O–H groups in total. The minimum atomic E-state index is -4.51. The molecule has 2 amide bonds. The summed E-state index contributed by atoms with van der Waals surface area (Å²) in [5.41, 5.74) is 1.94. The molecule has 0 spiro atoms. The van der Waals surface area contributed by atoms with Crippen LogP contribution in [-0.4, -0.2) is 32.3 Å². The predicted octanol–water partition coefficient (Wildman–Crippen LogP) is 5.01. The van der Waals surface area contributed by atoms with Crippen molar-refractivity contribution >= 4 is 35.0 Å². The van der Waals surface area contributed by atoms with Crippen LogP contribution in [0, 0.1) is 13.8 Å². The van der Waals surface area contributed by atoms with E-state index in [4.69, 9.17) is 0 Å². The first kappa shape index (κ1) is 26.0. The zero-order valence-electron chi connectivity index (χ0n) is 19.1. The molecule has 7 nitrogen and oxygen atoms in total. The second kappa shape index (κ2) is 11.2. The highest BCUT2D eigenvalue weighted by Gasteiger charge is 2.30. The summed E-state index contributed by atoms with van der Waals surface area (Å²) in [7, 11) is 0. The van der Waals surface area contributed by atoms with Gasteiger partial charge in [-0.1, -0.05) is 30.0 Å². The summed E-state index contributed by atoms with van der Waals surface area (Å²) in [6.07, 6.45) is -3.13.